The first-order valence-corrected chi connectivity index (χ1v) is 4.08. The average Bonchev–Trinajstić information content (AvgIpc) is 2.27. The van der Waals surface area contributed by atoms with Gasteiger partial charge in [0.1, 0.15) is 5.78 Å². The van der Waals surface area contributed by atoms with Crippen LogP contribution >= 0.6 is 0 Å². The fourth-order valence-electron chi connectivity index (χ4n) is 2.15. The maximum absolute atomic E-state index is 11.0. The van der Waals surface area contributed by atoms with Gasteiger partial charge >= 0.3 is 0 Å². The molecule has 1 heterocycles. The SMILES string of the molecule is O=C1CC2CCNCC2C1. The highest BCUT2D eigenvalue weighted by molar-refractivity contribution is 5.81. The predicted octanol–water partition coefficient (Wildman–Crippen LogP) is 0.575. The van der Waals surface area contributed by atoms with E-state index in [1.54, 1.807) is 0 Å². The first kappa shape index (κ1) is 6.35. The van der Waals surface area contributed by atoms with Crippen molar-refractivity contribution in [2.24, 2.45) is 11.8 Å². The lowest BCUT2D eigenvalue weighted by molar-refractivity contribution is -0.117. The van der Waals surface area contributed by atoms with Gasteiger partial charge in [0.15, 0.2) is 0 Å². The molecule has 2 atom stereocenters. The van der Waals surface area contributed by atoms with Crippen molar-refractivity contribution in [1.29, 1.82) is 0 Å². The van der Waals surface area contributed by atoms with Crippen LogP contribution in [0.4, 0.5) is 0 Å². The van der Waals surface area contributed by atoms with Crippen molar-refractivity contribution >= 4 is 5.78 Å². The van der Waals surface area contributed by atoms with Crippen LogP contribution in [-0.4, -0.2) is 18.9 Å². The molecule has 0 aromatic rings. The molecular weight excluding hydrogens is 126 g/mol. The lowest BCUT2D eigenvalue weighted by Gasteiger charge is -2.24. The van der Waals surface area contributed by atoms with Crippen LogP contribution in [0.5, 0.6) is 0 Å². The maximum Gasteiger partial charge on any atom is 0.133 e. The van der Waals surface area contributed by atoms with Gasteiger partial charge < -0.3 is 5.32 Å². The molecule has 1 saturated carbocycles. The second-order valence-electron chi connectivity index (χ2n) is 3.46. The van der Waals surface area contributed by atoms with Crippen LogP contribution in [-0.2, 0) is 4.79 Å². The van der Waals surface area contributed by atoms with E-state index in [4.69, 9.17) is 0 Å². The fraction of sp³-hybridized carbons (Fsp3) is 0.875. The monoisotopic (exact) mass is 139 g/mol. The Hall–Kier alpha value is -0.370. The van der Waals surface area contributed by atoms with Crippen molar-refractivity contribution in [1.82, 2.24) is 5.32 Å². The summed E-state index contributed by atoms with van der Waals surface area (Å²) in [5, 5.41) is 3.32. The van der Waals surface area contributed by atoms with Gasteiger partial charge in [-0.1, -0.05) is 0 Å². The molecule has 0 amide bonds. The van der Waals surface area contributed by atoms with Crippen molar-refractivity contribution in [2.45, 2.75) is 19.3 Å². The van der Waals surface area contributed by atoms with Crippen molar-refractivity contribution in [3.05, 3.63) is 0 Å². The summed E-state index contributed by atoms with van der Waals surface area (Å²) >= 11 is 0. The number of carbonyl (C=O) groups is 1. The van der Waals surface area contributed by atoms with Gasteiger partial charge in [-0.25, -0.2) is 0 Å². The van der Waals surface area contributed by atoms with Gasteiger partial charge in [0.2, 0.25) is 0 Å². The molecule has 2 aliphatic rings. The summed E-state index contributed by atoms with van der Waals surface area (Å²) in [6.45, 7) is 2.20. The standard InChI is InChI=1S/C8H13NO/c10-8-3-6-1-2-9-5-7(6)4-8/h6-7,9H,1-5H2. The predicted molar refractivity (Wildman–Crippen MR) is 38.7 cm³/mol. The molecule has 2 fully saturated rings. The molecule has 2 nitrogen and oxygen atoms in total. The van der Waals surface area contributed by atoms with Gasteiger partial charge in [-0.3, -0.25) is 4.79 Å². The third-order valence-electron chi connectivity index (χ3n) is 2.74. The highest BCUT2D eigenvalue weighted by Crippen LogP contribution is 2.32. The smallest absolute Gasteiger partial charge is 0.133 e. The summed E-state index contributed by atoms with van der Waals surface area (Å²) in [5.41, 5.74) is 0. The minimum atomic E-state index is 0.485. The molecule has 0 aromatic carbocycles. The lowest BCUT2D eigenvalue weighted by atomic mass is 9.90. The zero-order valence-corrected chi connectivity index (χ0v) is 6.10. The average molecular weight is 139 g/mol. The van der Waals surface area contributed by atoms with Gasteiger partial charge in [0.05, 0.1) is 0 Å². The van der Waals surface area contributed by atoms with Gasteiger partial charge in [-0.2, -0.15) is 0 Å². The molecule has 0 bridgehead atoms. The number of hydrogen-bond donors (Lipinski definition) is 1. The molecule has 56 valence electrons. The summed E-state index contributed by atoms with van der Waals surface area (Å²) in [6.07, 6.45) is 2.93. The van der Waals surface area contributed by atoms with E-state index in [-0.39, 0.29) is 0 Å². The molecule has 1 N–H and O–H groups in total. The summed E-state index contributed by atoms with van der Waals surface area (Å²) in [7, 11) is 0. The maximum atomic E-state index is 11.0. The van der Waals surface area contributed by atoms with E-state index < -0.39 is 0 Å². The second-order valence-corrected chi connectivity index (χ2v) is 3.46. The topological polar surface area (TPSA) is 29.1 Å². The van der Waals surface area contributed by atoms with Crippen molar-refractivity contribution in [3.8, 4) is 0 Å². The van der Waals surface area contributed by atoms with Crippen LogP contribution in [0, 0.1) is 11.8 Å². The van der Waals surface area contributed by atoms with Crippen LogP contribution < -0.4 is 5.32 Å². The molecule has 1 aliphatic heterocycles. The number of ketones is 1. The molecule has 2 heteroatoms. The third-order valence-corrected chi connectivity index (χ3v) is 2.74. The van der Waals surface area contributed by atoms with E-state index in [1.165, 1.54) is 6.42 Å². The van der Waals surface area contributed by atoms with E-state index in [0.29, 0.717) is 11.7 Å². The van der Waals surface area contributed by atoms with E-state index in [2.05, 4.69) is 5.32 Å². The van der Waals surface area contributed by atoms with E-state index in [0.717, 1.165) is 31.8 Å². The van der Waals surface area contributed by atoms with Gasteiger partial charge in [-0.05, 0) is 31.3 Å². The molecule has 0 radical (unpaired) electrons. The van der Waals surface area contributed by atoms with E-state index >= 15 is 0 Å². The van der Waals surface area contributed by atoms with Crippen LogP contribution in [0.15, 0.2) is 0 Å². The first-order chi connectivity index (χ1) is 4.86. The fourth-order valence-corrected chi connectivity index (χ4v) is 2.15. The summed E-state index contributed by atoms with van der Waals surface area (Å²) in [5.74, 6) is 1.90. The Morgan fingerprint density at radius 2 is 2.10 bits per heavy atom. The van der Waals surface area contributed by atoms with Crippen molar-refractivity contribution in [3.63, 3.8) is 0 Å². The second kappa shape index (κ2) is 2.35. The quantitative estimate of drug-likeness (QED) is 0.531. The Morgan fingerprint density at radius 1 is 1.30 bits per heavy atom. The number of carbonyl (C=O) groups excluding carboxylic acids is 1. The van der Waals surface area contributed by atoms with E-state index in [9.17, 15) is 4.79 Å². The van der Waals surface area contributed by atoms with Gasteiger partial charge in [-0.15, -0.1) is 0 Å². The number of fused-ring (bicyclic) bond motifs is 1. The highest BCUT2D eigenvalue weighted by atomic mass is 16.1. The number of nitrogens with one attached hydrogen (secondary N) is 1. The third kappa shape index (κ3) is 0.966. The van der Waals surface area contributed by atoms with Crippen molar-refractivity contribution in [2.75, 3.05) is 13.1 Å². The van der Waals surface area contributed by atoms with Crippen LogP contribution in [0.1, 0.15) is 19.3 Å². The van der Waals surface area contributed by atoms with E-state index in [1.807, 2.05) is 0 Å². The Bertz CT molecular complexity index is 139. The minimum absolute atomic E-state index is 0.485. The van der Waals surface area contributed by atoms with Gasteiger partial charge in [0, 0.05) is 12.8 Å². The molecule has 2 unspecified atom stereocenters. The first-order valence-electron chi connectivity index (χ1n) is 4.08. The normalized spacial score (nSPS) is 39.8. The number of Topliss-reactive ketones (excluding diaryl/α,β-unsaturated/α-hetero) is 1. The van der Waals surface area contributed by atoms with Crippen LogP contribution in [0.2, 0.25) is 0 Å². The molecule has 1 saturated heterocycles. The molecular formula is C8H13NO. The number of rotatable bonds is 0. The summed E-state index contributed by atoms with van der Waals surface area (Å²) < 4.78 is 0. The van der Waals surface area contributed by atoms with Crippen LogP contribution in [0.3, 0.4) is 0 Å². The van der Waals surface area contributed by atoms with Crippen LogP contribution in [0.25, 0.3) is 0 Å². The number of hydrogen-bond acceptors (Lipinski definition) is 2. The molecule has 10 heavy (non-hydrogen) atoms. The lowest BCUT2D eigenvalue weighted by Crippen LogP contribution is -2.33. The van der Waals surface area contributed by atoms with Gasteiger partial charge in [0.25, 0.3) is 0 Å². The molecule has 2 rings (SSSR count). The van der Waals surface area contributed by atoms with Crippen molar-refractivity contribution < 1.29 is 4.79 Å². The molecule has 1 aliphatic carbocycles. The zero-order chi connectivity index (χ0) is 6.97. The molecule has 0 aromatic heterocycles. The Balaban J connectivity index is 2.04. The largest absolute Gasteiger partial charge is 0.316 e. The summed E-state index contributed by atoms with van der Waals surface area (Å²) in [6, 6.07) is 0. The Morgan fingerprint density at radius 3 is 2.90 bits per heavy atom. The Kier molecular flexibility index (Phi) is 1.49. The Labute approximate surface area is 61.0 Å². The number of piperidine rings is 1. The summed E-state index contributed by atoms with van der Waals surface area (Å²) in [4.78, 5) is 11.0. The highest BCUT2D eigenvalue weighted by Gasteiger charge is 2.33. The zero-order valence-electron chi connectivity index (χ0n) is 6.10. The minimum Gasteiger partial charge on any atom is -0.316 e. The molecule has 0 spiro atoms.